The molecule has 3 aromatic rings. The molecule has 0 saturated heterocycles. The molecule has 1 aromatic heterocycles. The first-order valence-electron chi connectivity index (χ1n) is 9.20. The number of hydrogen-bond acceptors (Lipinski definition) is 6. The van der Waals surface area contributed by atoms with E-state index >= 15 is 0 Å². The van der Waals surface area contributed by atoms with Crippen LogP contribution in [0.2, 0.25) is 0 Å². The number of carbonyl (C=O) groups excluding carboxylic acids is 1. The molecule has 2 N–H and O–H groups in total. The number of hydrogen-bond donors (Lipinski definition) is 2. The van der Waals surface area contributed by atoms with Crippen LogP contribution < -0.4 is 19.5 Å². The highest BCUT2D eigenvalue weighted by Crippen LogP contribution is 2.31. The summed E-state index contributed by atoms with van der Waals surface area (Å²) in [5.41, 5.74) is 0.851. The summed E-state index contributed by atoms with van der Waals surface area (Å²) in [7, 11) is -3.79. The van der Waals surface area contributed by atoms with Crippen LogP contribution >= 0.6 is 0 Å². The third kappa shape index (κ3) is 4.54. The van der Waals surface area contributed by atoms with Crippen LogP contribution in [0.5, 0.6) is 11.5 Å². The molecule has 1 amide bonds. The smallest absolute Gasteiger partial charge is 0.261 e. The second-order valence-corrected chi connectivity index (χ2v) is 8.44. The van der Waals surface area contributed by atoms with Crippen molar-refractivity contribution in [2.24, 2.45) is 0 Å². The number of sulfonamides is 1. The molecular formula is C20H20N4O5S. The van der Waals surface area contributed by atoms with E-state index in [0.29, 0.717) is 36.0 Å². The summed E-state index contributed by atoms with van der Waals surface area (Å²) in [6, 6.07) is 13.3. The van der Waals surface area contributed by atoms with E-state index in [1.165, 1.54) is 37.4 Å². The molecule has 4 rings (SSSR count). The third-order valence-corrected chi connectivity index (χ3v) is 5.73. The lowest BCUT2D eigenvalue weighted by molar-refractivity contribution is -0.114. The highest BCUT2D eigenvalue weighted by molar-refractivity contribution is 7.92. The fraction of sp³-hybridized carbons (Fsp3) is 0.200. The number of benzene rings is 2. The molecule has 0 aliphatic carbocycles. The maximum Gasteiger partial charge on any atom is 0.261 e. The Morgan fingerprint density at radius 2 is 1.87 bits per heavy atom. The van der Waals surface area contributed by atoms with Gasteiger partial charge in [0.15, 0.2) is 17.6 Å². The second-order valence-electron chi connectivity index (χ2n) is 6.76. The number of ether oxygens (including phenoxy) is 2. The first kappa shape index (κ1) is 19.8. The minimum atomic E-state index is -3.79. The van der Waals surface area contributed by atoms with Gasteiger partial charge in [0, 0.05) is 18.8 Å². The quantitative estimate of drug-likeness (QED) is 0.624. The maximum atomic E-state index is 12.6. The van der Waals surface area contributed by atoms with E-state index in [-0.39, 0.29) is 16.9 Å². The first-order chi connectivity index (χ1) is 14.4. The monoisotopic (exact) mass is 428 g/mol. The Kier molecular flexibility index (Phi) is 5.32. The predicted octanol–water partition coefficient (Wildman–Crippen LogP) is 2.48. The average molecular weight is 428 g/mol. The number of anilines is 2. The lowest BCUT2D eigenvalue weighted by atomic mass is 10.2. The molecule has 9 nitrogen and oxygen atoms in total. The van der Waals surface area contributed by atoms with Crippen molar-refractivity contribution in [3.8, 4) is 11.5 Å². The minimum Gasteiger partial charge on any atom is -0.486 e. The van der Waals surface area contributed by atoms with Crippen LogP contribution in [0, 0.1) is 0 Å². The number of rotatable bonds is 6. The van der Waals surface area contributed by atoms with Gasteiger partial charge in [-0.3, -0.25) is 14.2 Å². The summed E-state index contributed by atoms with van der Waals surface area (Å²) in [6.45, 7) is 2.16. The molecule has 0 spiro atoms. The number of nitrogens with one attached hydrogen (secondary N) is 2. The van der Waals surface area contributed by atoms with Crippen LogP contribution in [0.25, 0.3) is 0 Å². The maximum absolute atomic E-state index is 12.6. The number of fused-ring (bicyclic) bond motifs is 1. The Bertz CT molecular complexity index is 1160. The molecule has 0 bridgehead atoms. The van der Waals surface area contributed by atoms with E-state index < -0.39 is 10.0 Å². The van der Waals surface area contributed by atoms with Crippen molar-refractivity contribution >= 4 is 27.3 Å². The molecule has 0 saturated carbocycles. The van der Waals surface area contributed by atoms with E-state index in [0.717, 1.165) is 0 Å². The Morgan fingerprint density at radius 3 is 2.60 bits per heavy atom. The molecule has 2 heterocycles. The standard InChI is InChI=1S/C20H20N4O5S/c1-14(25)22-15-6-8-18(9-7-15)30(26,27)23-16-10-21-24(11-16)12-17-13-28-19-4-2-3-5-20(19)29-17/h2-11,17,23H,12-13H2,1H3,(H,22,25). The van der Waals surface area contributed by atoms with E-state index in [1.54, 1.807) is 10.9 Å². The van der Waals surface area contributed by atoms with E-state index in [1.807, 2.05) is 24.3 Å². The third-order valence-electron chi connectivity index (χ3n) is 4.33. The molecule has 0 radical (unpaired) electrons. The topological polar surface area (TPSA) is 112 Å². The van der Waals surface area contributed by atoms with Crippen molar-refractivity contribution in [1.29, 1.82) is 0 Å². The molecular weight excluding hydrogens is 408 g/mol. The van der Waals surface area contributed by atoms with Gasteiger partial charge >= 0.3 is 0 Å². The minimum absolute atomic E-state index is 0.0740. The lowest BCUT2D eigenvalue weighted by Gasteiger charge is -2.26. The zero-order chi connectivity index (χ0) is 21.1. The van der Waals surface area contributed by atoms with Gasteiger partial charge in [0.2, 0.25) is 5.91 Å². The fourth-order valence-electron chi connectivity index (χ4n) is 3.01. The van der Waals surface area contributed by atoms with Crippen LogP contribution in [0.1, 0.15) is 6.92 Å². The van der Waals surface area contributed by atoms with Crippen LogP contribution in [0.3, 0.4) is 0 Å². The highest BCUT2D eigenvalue weighted by atomic mass is 32.2. The fourth-order valence-corrected chi connectivity index (χ4v) is 4.04. The number of amides is 1. The van der Waals surface area contributed by atoms with Crippen LogP contribution in [-0.2, 0) is 21.4 Å². The van der Waals surface area contributed by atoms with Crippen molar-refractivity contribution < 1.29 is 22.7 Å². The van der Waals surface area contributed by atoms with Gasteiger partial charge in [-0.2, -0.15) is 5.10 Å². The lowest BCUT2D eigenvalue weighted by Crippen LogP contribution is -2.33. The predicted molar refractivity (Wildman–Crippen MR) is 110 cm³/mol. The number of aromatic nitrogens is 2. The van der Waals surface area contributed by atoms with Crippen molar-refractivity contribution in [2.75, 3.05) is 16.6 Å². The van der Waals surface area contributed by atoms with Crippen molar-refractivity contribution in [1.82, 2.24) is 9.78 Å². The van der Waals surface area contributed by atoms with Crippen LogP contribution in [0.4, 0.5) is 11.4 Å². The van der Waals surface area contributed by atoms with Gasteiger partial charge in [0.25, 0.3) is 10.0 Å². The Hall–Kier alpha value is -3.53. The Balaban J connectivity index is 1.40. The molecule has 1 aliphatic heterocycles. The summed E-state index contributed by atoms with van der Waals surface area (Å²) in [6.07, 6.45) is 2.78. The largest absolute Gasteiger partial charge is 0.486 e. The molecule has 1 atom stereocenters. The van der Waals surface area contributed by atoms with Gasteiger partial charge in [-0.1, -0.05) is 12.1 Å². The van der Waals surface area contributed by atoms with Gasteiger partial charge in [-0.25, -0.2) is 8.42 Å². The van der Waals surface area contributed by atoms with Gasteiger partial charge in [0.1, 0.15) is 6.61 Å². The summed E-state index contributed by atoms with van der Waals surface area (Å²) < 4.78 is 40.9. The summed E-state index contributed by atoms with van der Waals surface area (Å²) in [5, 5.41) is 6.79. The second kappa shape index (κ2) is 8.07. The van der Waals surface area contributed by atoms with E-state index in [9.17, 15) is 13.2 Å². The molecule has 1 unspecified atom stereocenters. The Morgan fingerprint density at radius 1 is 1.13 bits per heavy atom. The van der Waals surface area contributed by atoms with Gasteiger partial charge in [-0.05, 0) is 36.4 Å². The molecule has 30 heavy (non-hydrogen) atoms. The van der Waals surface area contributed by atoms with Crippen LogP contribution in [-0.4, -0.2) is 36.8 Å². The van der Waals surface area contributed by atoms with E-state index in [4.69, 9.17) is 9.47 Å². The van der Waals surface area contributed by atoms with Gasteiger partial charge in [0.05, 0.1) is 23.3 Å². The van der Waals surface area contributed by atoms with Crippen molar-refractivity contribution in [2.45, 2.75) is 24.5 Å². The summed E-state index contributed by atoms with van der Waals surface area (Å²) in [5.74, 6) is 1.14. The normalized spacial score (nSPS) is 15.4. The zero-order valence-electron chi connectivity index (χ0n) is 16.1. The zero-order valence-corrected chi connectivity index (χ0v) is 16.9. The van der Waals surface area contributed by atoms with Crippen molar-refractivity contribution in [3.05, 3.63) is 60.9 Å². The van der Waals surface area contributed by atoms with E-state index in [2.05, 4.69) is 15.1 Å². The SMILES string of the molecule is CC(=O)Nc1ccc(S(=O)(=O)Nc2cnn(CC3COc4ccccc4O3)c2)cc1. The number of nitrogens with zero attached hydrogens (tertiary/aromatic N) is 2. The average Bonchev–Trinajstić information content (AvgIpc) is 3.14. The van der Waals surface area contributed by atoms with Crippen molar-refractivity contribution in [3.63, 3.8) is 0 Å². The molecule has 0 fully saturated rings. The van der Waals surface area contributed by atoms with Gasteiger partial charge < -0.3 is 14.8 Å². The molecule has 2 aromatic carbocycles. The summed E-state index contributed by atoms with van der Waals surface area (Å²) >= 11 is 0. The molecule has 156 valence electrons. The number of carbonyl (C=O) groups is 1. The highest BCUT2D eigenvalue weighted by Gasteiger charge is 2.22. The number of para-hydroxylation sites is 2. The first-order valence-corrected chi connectivity index (χ1v) is 10.7. The van der Waals surface area contributed by atoms with Gasteiger partial charge in [-0.15, -0.1) is 0 Å². The van der Waals surface area contributed by atoms with Crippen LogP contribution in [0.15, 0.2) is 65.8 Å². The molecule has 10 heteroatoms. The Labute approximate surface area is 173 Å². The molecule has 1 aliphatic rings. The summed E-state index contributed by atoms with van der Waals surface area (Å²) in [4.78, 5) is 11.1.